The number of hydrogen-bond acceptors (Lipinski definition) is 5. The number of thiophene rings is 1. The van der Waals surface area contributed by atoms with Gasteiger partial charge in [-0.1, -0.05) is 29.8 Å². The molecule has 0 saturated heterocycles. The molecule has 1 aromatic carbocycles. The number of benzene rings is 1. The Hall–Kier alpha value is -0.580. The molecule has 0 spiro atoms. The molecule has 0 amide bonds. The molecule has 0 aliphatic heterocycles. The van der Waals surface area contributed by atoms with Crippen molar-refractivity contribution in [2.24, 2.45) is 7.05 Å². The number of aliphatic hydroxyl groups excluding tert-OH is 1. The van der Waals surface area contributed by atoms with E-state index in [1.165, 1.54) is 20.5 Å². The van der Waals surface area contributed by atoms with Gasteiger partial charge < -0.3 is 9.63 Å². The summed E-state index contributed by atoms with van der Waals surface area (Å²) in [4.78, 5) is 26.4. The first kappa shape index (κ1) is 22.1. The number of rotatable bonds is 7. The molecule has 10 heteroatoms. The van der Waals surface area contributed by atoms with E-state index in [0.29, 0.717) is 44.6 Å². The zero-order chi connectivity index (χ0) is 20.4. The van der Waals surface area contributed by atoms with E-state index in [4.69, 9.17) is 4.52 Å². The Bertz CT molecular complexity index is 1110. The van der Waals surface area contributed by atoms with Gasteiger partial charge in [-0.3, -0.25) is 13.9 Å². The molecule has 1 N–H and O–H groups in total. The number of halogens is 2. The topological polar surface area (TPSA) is 73.5 Å². The third-order valence-electron chi connectivity index (χ3n) is 4.51. The Morgan fingerprint density at radius 1 is 1.32 bits per heavy atom. The van der Waals surface area contributed by atoms with Crippen LogP contribution in [0.25, 0.3) is 10.2 Å². The van der Waals surface area contributed by atoms with Crippen molar-refractivity contribution in [1.29, 1.82) is 0 Å². The summed E-state index contributed by atoms with van der Waals surface area (Å²) in [6.45, 7) is 3.08. The molecule has 150 valence electrons. The van der Waals surface area contributed by atoms with E-state index in [-0.39, 0.29) is 17.8 Å². The smallest absolute Gasteiger partial charge is 0.331 e. The third kappa shape index (κ3) is 4.29. The van der Waals surface area contributed by atoms with Gasteiger partial charge in [-0.2, -0.15) is 0 Å². The number of fused-ring (bicyclic) bond motifs is 1. The van der Waals surface area contributed by atoms with E-state index in [9.17, 15) is 14.7 Å². The lowest BCUT2D eigenvalue weighted by atomic mass is 10.0. The van der Waals surface area contributed by atoms with E-state index in [0.717, 1.165) is 5.56 Å². The molecule has 28 heavy (non-hydrogen) atoms. The zero-order valence-electron chi connectivity index (χ0n) is 15.2. The number of nitrogens with zero attached hydrogens (tertiary/aromatic N) is 2. The van der Waals surface area contributed by atoms with Gasteiger partial charge in [0, 0.05) is 19.2 Å². The molecule has 2 atom stereocenters. The molecule has 3 rings (SSSR count). The fourth-order valence-electron chi connectivity index (χ4n) is 3.03. The Balaban J connectivity index is 2.15. The molecule has 2 heterocycles. The Labute approximate surface area is 189 Å². The molecule has 6 nitrogen and oxygen atoms in total. The first-order valence-electron chi connectivity index (χ1n) is 8.50. The Kier molecular flexibility index (Phi) is 7.49. The van der Waals surface area contributed by atoms with Crippen LogP contribution < -0.4 is 11.2 Å². The lowest BCUT2D eigenvalue weighted by Gasteiger charge is -2.13. The molecule has 0 bridgehead atoms. The van der Waals surface area contributed by atoms with Gasteiger partial charge in [-0.05, 0) is 56.9 Å². The van der Waals surface area contributed by atoms with Crippen LogP contribution in [0.5, 0.6) is 0 Å². The molecule has 0 saturated carbocycles. The van der Waals surface area contributed by atoms with Crippen molar-refractivity contribution < 1.29 is 9.63 Å². The van der Waals surface area contributed by atoms with Gasteiger partial charge >= 0.3 is 5.69 Å². The van der Waals surface area contributed by atoms with Crippen molar-refractivity contribution in [1.82, 2.24) is 9.13 Å². The quantitative estimate of drug-likeness (QED) is 0.251. The number of aromatic nitrogens is 2. The van der Waals surface area contributed by atoms with Crippen molar-refractivity contribution >= 4 is 66.0 Å². The normalized spacial score (nSPS) is 13.0. The summed E-state index contributed by atoms with van der Waals surface area (Å²) in [7, 11) is 1.65. The zero-order valence-corrected chi connectivity index (χ0v) is 20.8. The van der Waals surface area contributed by atoms with Gasteiger partial charge in [0.1, 0.15) is 10.9 Å². The summed E-state index contributed by atoms with van der Waals surface area (Å²) < 4.78 is 8.68. The van der Waals surface area contributed by atoms with Crippen LogP contribution in [0.3, 0.4) is 0 Å². The van der Waals surface area contributed by atoms with E-state index < -0.39 is 6.10 Å². The van der Waals surface area contributed by atoms with Crippen LogP contribution in [0.1, 0.15) is 29.2 Å². The van der Waals surface area contributed by atoms with Gasteiger partial charge in [0.05, 0.1) is 22.2 Å². The molecule has 0 radical (unpaired) electrons. The van der Waals surface area contributed by atoms with E-state index in [2.05, 4.69) is 38.0 Å². The van der Waals surface area contributed by atoms with E-state index >= 15 is 0 Å². The van der Waals surface area contributed by atoms with Gasteiger partial charge in [0.2, 0.25) is 0 Å². The fourth-order valence-corrected chi connectivity index (χ4v) is 5.79. The highest BCUT2D eigenvalue weighted by atomic mass is 127. The SMILES string of the molecule is Cc1ccc(C(O)c2c(Br)sc3c2c(=O)n(CCCOPI)c(=O)n3C)cc1. The highest BCUT2D eigenvalue weighted by Crippen LogP contribution is 2.39. The number of aliphatic hydroxyl groups is 1. The van der Waals surface area contributed by atoms with Crippen molar-refractivity contribution in [3.63, 3.8) is 0 Å². The predicted molar refractivity (Wildman–Crippen MR) is 127 cm³/mol. The van der Waals surface area contributed by atoms with Gasteiger partial charge in [0.25, 0.3) is 5.56 Å². The van der Waals surface area contributed by atoms with Gasteiger partial charge in [-0.25, -0.2) is 4.79 Å². The molecule has 3 aromatic rings. The van der Waals surface area contributed by atoms with Gasteiger partial charge in [0.15, 0.2) is 0 Å². The standard InChI is InChI=1S/C18H19BrIN2O4PS/c1-10-4-6-11(7-5-10)14(23)12-13-16(24)22(8-3-9-26-27-20)18(25)21(2)17(13)28-15(12)19/h4-7,14,23,27H,3,8-9H2,1-2H3. The van der Waals surface area contributed by atoms with Crippen LogP contribution in [-0.2, 0) is 18.1 Å². The molecule has 2 unspecified atom stereocenters. The lowest BCUT2D eigenvalue weighted by Crippen LogP contribution is -2.39. The average molecular weight is 597 g/mol. The van der Waals surface area contributed by atoms with Crippen LogP contribution in [0.2, 0.25) is 0 Å². The van der Waals surface area contributed by atoms with Crippen molar-refractivity contribution in [2.45, 2.75) is 26.0 Å². The molecule has 0 aliphatic rings. The highest BCUT2D eigenvalue weighted by molar-refractivity contribution is 14.2. The largest absolute Gasteiger partial charge is 0.384 e. The second kappa shape index (κ2) is 9.49. The van der Waals surface area contributed by atoms with E-state index in [1.807, 2.05) is 31.2 Å². The van der Waals surface area contributed by atoms with Gasteiger partial charge in [-0.15, -0.1) is 11.3 Å². The summed E-state index contributed by atoms with van der Waals surface area (Å²) in [5, 5.41) is 11.4. The first-order chi connectivity index (χ1) is 13.4. The lowest BCUT2D eigenvalue weighted by molar-refractivity contribution is 0.221. The third-order valence-corrected chi connectivity index (χ3v) is 7.74. The van der Waals surface area contributed by atoms with Crippen molar-refractivity contribution in [2.75, 3.05) is 6.61 Å². The highest BCUT2D eigenvalue weighted by Gasteiger charge is 2.25. The molecule has 2 aromatic heterocycles. The van der Waals surface area contributed by atoms with Crippen LogP contribution in [0, 0.1) is 6.92 Å². The van der Waals surface area contributed by atoms with E-state index in [1.54, 1.807) is 7.05 Å². The Morgan fingerprint density at radius 3 is 2.64 bits per heavy atom. The number of hydrogen-bond donors (Lipinski definition) is 1. The van der Waals surface area contributed by atoms with Crippen LogP contribution >= 0.6 is 55.8 Å². The van der Waals surface area contributed by atoms with Crippen LogP contribution in [-0.4, -0.2) is 20.8 Å². The summed E-state index contributed by atoms with van der Waals surface area (Å²) >= 11 is 6.90. The molecule has 0 aliphatic carbocycles. The predicted octanol–water partition coefficient (Wildman–Crippen LogP) is 4.26. The summed E-state index contributed by atoms with van der Waals surface area (Å²) in [5.41, 5.74) is 1.55. The fraction of sp³-hybridized carbons (Fsp3) is 0.333. The second-order valence-electron chi connectivity index (χ2n) is 6.36. The maximum absolute atomic E-state index is 13.2. The second-order valence-corrected chi connectivity index (χ2v) is 10.4. The maximum Gasteiger partial charge on any atom is 0.331 e. The maximum atomic E-state index is 13.2. The minimum Gasteiger partial charge on any atom is -0.384 e. The Morgan fingerprint density at radius 2 is 2.00 bits per heavy atom. The summed E-state index contributed by atoms with van der Waals surface area (Å²) in [5.74, 6) is 0. The summed E-state index contributed by atoms with van der Waals surface area (Å²) in [6.07, 6.45) is -0.399. The van der Waals surface area contributed by atoms with Crippen molar-refractivity contribution in [3.8, 4) is 0 Å². The minimum absolute atomic E-state index is 0.274. The number of aryl methyl sites for hydroxylation is 2. The average Bonchev–Trinajstić information content (AvgIpc) is 3.03. The van der Waals surface area contributed by atoms with Crippen molar-refractivity contribution in [3.05, 3.63) is 65.6 Å². The molecular weight excluding hydrogens is 578 g/mol. The minimum atomic E-state index is -0.967. The molecule has 0 fully saturated rings. The van der Waals surface area contributed by atoms with Crippen LogP contribution in [0.4, 0.5) is 0 Å². The van der Waals surface area contributed by atoms with Crippen LogP contribution in [0.15, 0.2) is 37.6 Å². The first-order valence-corrected chi connectivity index (χ1v) is 14.1. The summed E-state index contributed by atoms with van der Waals surface area (Å²) in [6, 6.07) is 7.53. The monoisotopic (exact) mass is 596 g/mol. The molecular formula is C18H19BrIN2O4PS.